The van der Waals surface area contributed by atoms with Gasteiger partial charge in [0.15, 0.2) is 11.6 Å². The van der Waals surface area contributed by atoms with Crippen LogP contribution >= 0.6 is 0 Å². The van der Waals surface area contributed by atoms with Crippen LogP contribution in [0.3, 0.4) is 0 Å². The highest BCUT2D eigenvalue weighted by Gasteiger charge is 2.19. The number of benzene rings is 1. The summed E-state index contributed by atoms with van der Waals surface area (Å²) in [4.78, 5) is 0. The normalized spacial score (nSPS) is 17.9. The number of halogens is 2. The first-order chi connectivity index (χ1) is 10.2. The Bertz CT molecular complexity index is 433. The van der Waals surface area contributed by atoms with Gasteiger partial charge in [0.05, 0.1) is 12.6 Å². The van der Waals surface area contributed by atoms with Crippen LogP contribution in [0.15, 0.2) is 18.2 Å². The van der Waals surface area contributed by atoms with Gasteiger partial charge in [0.2, 0.25) is 0 Å². The second kappa shape index (κ2) is 8.44. The molecule has 0 radical (unpaired) electrons. The van der Waals surface area contributed by atoms with E-state index in [2.05, 4.69) is 5.32 Å². The Balaban J connectivity index is 1.90. The van der Waals surface area contributed by atoms with Gasteiger partial charge in [-0.2, -0.15) is 0 Å². The SMILES string of the molecule is CCNC(COCC1CCCCC1)c1cccc(F)c1F. The molecule has 0 heterocycles. The number of ether oxygens (including phenoxy) is 1. The number of hydrogen-bond donors (Lipinski definition) is 1. The minimum atomic E-state index is -0.803. The summed E-state index contributed by atoms with van der Waals surface area (Å²) in [5.74, 6) is -0.953. The van der Waals surface area contributed by atoms with Gasteiger partial charge >= 0.3 is 0 Å². The first-order valence-electron chi connectivity index (χ1n) is 7.97. The molecule has 0 saturated heterocycles. The molecule has 0 bridgehead atoms. The fourth-order valence-corrected chi connectivity index (χ4v) is 3.00. The number of hydrogen-bond acceptors (Lipinski definition) is 2. The summed E-state index contributed by atoms with van der Waals surface area (Å²) in [7, 11) is 0. The van der Waals surface area contributed by atoms with Crippen LogP contribution < -0.4 is 5.32 Å². The van der Waals surface area contributed by atoms with Crippen molar-refractivity contribution in [2.45, 2.75) is 45.1 Å². The van der Waals surface area contributed by atoms with Crippen molar-refractivity contribution in [2.24, 2.45) is 5.92 Å². The average molecular weight is 297 g/mol. The minimum absolute atomic E-state index is 0.297. The molecule has 1 unspecified atom stereocenters. The van der Waals surface area contributed by atoms with E-state index in [0.717, 1.165) is 12.7 Å². The Hall–Kier alpha value is -1.00. The summed E-state index contributed by atoms with van der Waals surface area (Å²) in [6.45, 7) is 3.74. The fraction of sp³-hybridized carbons (Fsp3) is 0.647. The van der Waals surface area contributed by atoms with Crippen molar-refractivity contribution in [1.29, 1.82) is 0 Å². The standard InChI is InChI=1S/C17H25F2NO/c1-2-20-16(14-9-6-10-15(18)17(14)19)12-21-11-13-7-4-3-5-8-13/h6,9-10,13,16,20H,2-5,7-8,11-12H2,1H3. The van der Waals surface area contributed by atoms with Crippen molar-refractivity contribution < 1.29 is 13.5 Å². The highest BCUT2D eigenvalue weighted by atomic mass is 19.2. The quantitative estimate of drug-likeness (QED) is 0.814. The van der Waals surface area contributed by atoms with Gasteiger partial charge in [0.1, 0.15) is 0 Å². The third-order valence-electron chi connectivity index (χ3n) is 4.17. The Morgan fingerprint density at radius 3 is 2.71 bits per heavy atom. The molecular weight excluding hydrogens is 272 g/mol. The van der Waals surface area contributed by atoms with Gasteiger partial charge in [-0.3, -0.25) is 0 Å². The van der Waals surface area contributed by atoms with Crippen LogP contribution in [0.4, 0.5) is 8.78 Å². The smallest absolute Gasteiger partial charge is 0.163 e. The topological polar surface area (TPSA) is 21.3 Å². The highest BCUT2D eigenvalue weighted by Crippen LogP contribution is 2.25. The molecule has 1 aliphatic rings. The molecule has 1 N–H and O–H groups in total. The van der Waals surface area contributed by atoms with E-state index in [1.165, 1.54) is 32.1 Å². The molecule has 2 rings (SSSR count). The predicted molar refractivity (Wildman–Crippen MR) is 80.2 cm³/mol. The third kappa shape index (κ3) is 4.75. The summed E-state index contributed by atoms with van der Waals surface area (Å²) in [5.41, 5.74) is 0.348. The lowest BCUT2D eigenvalue weighted by Crippen LogP contribution is -2.27. The molecule has 1 aromatic carbocycles. The van der Waals surface area contributed by atoms with Crippen LogP contribution in [0.1, 0.15) is 50.6 Å². The van der Waals surface area contributed by atoms with Gasteiger partial charge in [0, 0.05) is 12.2 Å². The summed E-state index contributed by atoms with van der Waals surface area (Å²) in [5, 5.41) is 3.17. The highest BCUT2D eigenvalue weighted by molar-refractivity contribution is 5.22. The van der Waals surface area contributed by atoms with Gasteiger partial charge in [-0.05, 0) is 31.4 Å². The zero-order chi connectivity index (χ0) is 15.1. The Labute approximate surface area is 125 Å². The molecule has 1 aliphatic carbocycles. The average Bonchev–Trinajstić information content (AvgIpc) is 2.50. The molecule has 0 aliphatic heterocycles. The summed E-state index contributed by atoms with van der Waals surface area (Å²) < 4.78 is 33.0. The molecule has 1 atom stereocenters. The predicted octanol–water partition coefficient (Wildman–Crippen LogP) is 4.21. The number of rotatable bonds is 7. The molecule has 118 valence electrons. The van der Waals surface area contributed by atoms with Crippen molar-refractivity contribution in [3.05, 3.63) is 35.4 Å². The van der Waals surface area contributed by atoms with Gasteiger partial charge in [0.25, 0.3) is 0 Å². The Morgan fingerprint density at radius 1 is 1.24 bits per heavy atom. The van der Waals surface area contributed by atoms with Crippen LogP contribution in [0.2, 0.25) is 0 Å². The lowest BCUT2D eigenvalue weighted by Gasteiger charge is -2.24. The van der Waals surface area contributed by atoms with Crippen LogP contribution in [-0.2, 0) is 4.74 Å². The number of likely N-dealkylation sites (N-methyl/N-ethyl adjacent to an activating group) is 1. The van der Waals surface area contributed by atoms with E-state index in [0.29, 0.717) is 24.6 Å². The second-order valence-electron chi connectivity index (χ2n) is 5.79. The van der Waals surface area contributed by atoms with Crippen molar-refractivity contribution in [1.82, 2.24) is 5.32 Å². The number of nitrogens with one attached hydrogen (secondary N) is 1. The third-order valence-corrected chi connectivity index (χ3v) is 4.17. The second-order valence-corrected chi connectivity index (χ2v) is 5.79. The van der Waals surface area contributed by atoms with Gasteiger partial charge in [-0.25, -0.2) is 8.78 Å². The van der Waals surface area contributed by atoms with E-state index in [-0.39, 0.29) is 6.04 Å². The molecule has 0 aromatic heterocycles. The van der Waals surface area contributed by atoms with Crippen LogP contribution in [0.25, 0.3) is 0 Å². The molecule has 1 fully saturated rings. The Kier molecular flexibility index (Phi) is 6.58. The van der Waals surface area contributed by atoms with E-state index >= 15 is 0 Å². The molecule has 1 aromatic rings. The fourth-order valence-electron chi connectivity index (χ4n) is 3.00. The summed E-state index contributed by atoms with van der Waals surface area (Å²) in [6.07, 6.45) is 6.33. The minimum Gasteiger partial charge on any atom is -0.379 e. The zero-order valence-electron chi connectivity index (χ0n) is 12.7. The molecule has 2 nitrogen and oxygen atoms in total. The van der Waals surface area contributed by atoms with Crippen LogP contribution in [-0.4, -0.2) is 19.8 Å². The maximum Gasteiger partial charge on any atom is 0.163 e. The van der Waals surface area contributed by atoms with E-state index < -0.39 is 11.6 Å². The lowest BCUT2D eigenvalue weighted by molar-refractivity contribution is 0.0688. The van der Waals surface area contributed by atoms with Crippen molar-refractivity contribution in [2.75, 3.05) is 19.8 Å². The van der Waals surface area contributed by atoms with Crippen molar-refractivity contribution >= 4 is 0 Å². The van der Waals surface area contributed by atoms with E-state index in [9.17, 15) is 8.78 Å². The van der Waals surface area contributed by atoms with E-state index in [1.54, 1.807) is 12.1 Å². The largest absolute Gasteiger partial charge is 0.379 e. The molecule has 4 heteroatoms. The van der Waals surface area contributed by atoms with Gasteiger partial charge in [-0.1, -0.05) is 38.3 Å². The molecular formula is C17H25F2NO. The van der Waals surface area contributed by atoms with Crippen LogP contribution in [0, 0.1) is 17.6 Å². The van der Waals surface area contributed by atoms with E-state index in [4.69, 9.17) is 4.74 Å². The van der Waals surface area contributed by atoms with Gasteiger partial charge < -0.3 is 10.1 Å². The molecule has 0 spiro atoms. The zero-order valence-corrected chi connectivity index (χ0v) is 12.7. The van der Waals surface area contributed by atoms with Crippen molar-refractivity contribution in [3.63, 3.8) is 0 Å². The van der Waals surface area contributed by atoms with Gasteiger partial charge in [-0.15, -0.1) is 0 Å². The first kappa shape index (κ1) is 16.4. The monoisotopic (exact) mass is 297 g/mol. The maximum absolute atomic E-state index is 13.9. The summed E-state index contributed by atoms with van der Waals surface area (Å²) in [6, 6.07) is 4.01. The lowest BCUT2D eigenvalue weighted by atomic mass is 9.90. The Morgan fingerprint density at radius 2 is 2.00 bits per heavy atom. The molecule has 21 heavy (non-hydrogen) atoms. The van der Waals surface area contributed by atoms with Crippen LogP contribution in [0.5, 0.6) is 0 Å². The van der Waals surface area contributed by atoms with Crippen molar-refractivity contribution in [3.8, 4) is 0 Å². The van der Waals surface area contributed by atoms with E-state index in [1.807, 2.05) is 6.92 Å². The molecule has 1 saturated carbocycles. The first-order valence-corrected chi connectivity index (χ1v) is 7.97. The summed E-state index contributed by atoms with van der Waals surface area (Å²) >= 11 is 0. The maximum atomic E-state index is 13.9. The molecule has 0 amide bonds.